The smallest absolute Gasteiger partial charge is 0.303 e. The maximum atomic E-state index is 11.7. The molecule has 1 aliphatic carbocycles. The fourth-order valence-corrected chi connectivity index (χ4v) is 2.65. The van der Waals surface area contributed by atoms with Crippen molar-refractivity contribution in [3.63, 3.8) is 0 Å². The first kappa shape index (κ1) is 14.0. The van der Waals surface area contributed by atoms with Gasteiger partial charge in [-0.15, -0.1) is 0 Å². The molecule has 1 amide bonds. The van der Waals surface area contributed by atoms with Crippen LogP contribution in [0.15, 0.2) is 0 Å². The molecule has 0 aliphatic heterocycles. The first-order valence-electron chi connectivity index (χ1n) is 6.26. The van der Waals surface area contributed by atoms with Crippen LogP contribution in [-0.4, -0.2) is 30.1 Å². The average molecular weight is 242 g/mol. The number of carbonyl (C=O) groups excluding carboxylic acids is 1. The van der Waals surface area contributed by atoms with Gasteiger partial charge in [0.25, 0.3) is 0 Å². The highest BCUT2D eigenvalue weighted by Crippen LogP contribution is 2.42. The molecule has 0 atom stereocenters. The lowest BCUT2D eigenvalue weighted by atomic mass is 9.69. The summed E-state index contributed by atoms with van der Waals surface area (Å²) in [5, 5.41) is 11.7. The number of rotatable bonds is 6. The van der Waals surface area contributed by atoms with Gasteiger partial charge in [0.1, 0.15) is 0 Å². The molecule has 0 spiro atoms. The van der Waals surface area contributed by atoms with Gasteiger partial charge in [0, 0.05) is 19.5 Å². The van der Waals surface area contributed by atoms with Gasteiger partial charge in [0.05, 0.1) is 6.42 Å². The van der Waals surface area contributed by atoms with E-state index in [2.05, 4.69) is 5.32 Å². The van der Waals surface area contributed by atoms with Crippen molar-refractivity contribution in [1.82, 2.24) is 5.32 Å². The molecule has 1 rings (SSSR count). The van der Waals surface area contributed by atoms with E-state index < -0.39 is 5.97 Å². The summed E-state index contributed by atoms with van der Waals surface area (Å²) in [7, 11) is 0. The SMILES string of the molecule is NCCNC(=O)CC1(CC(=O)O)CCCCC1. The molecule has 17 heavy (non-hydrogen) atoms. The molecule has 98 valence electrons. The van der Waals surface area contributed by atoms with Crippen molar-refractivity contribution < 1.29 is 14.7 Å². The first-order chi connectivity index (χ1) is 8.08. The Morgan fingerprint density at radius 1 is 1.18 bits per heavy atom. The van der Waals surface area contributed by atoms with Crippen LogP contribution >= 0.6 is 0 Å². The van der Waals surface area contributed by atoms with Gasteiger partial charge in [0.15, 0.2) is 0 Å². The van der Waals surface area contributed by atoms with E-state index in [1.807, 2.05) is 0 Å². The molecule has 1 saturated carbocycles. The molecular weight excluding hydrogens is 220 g/mol. The van der Waals surface area contributed by atoms with Crippen molar-refractivity contribution in [2.75, 3.05) is 13.1 Å². The minimum Gasteiger partial charge on any atom is -0.481 e. The van der Waals surface area contributed by atoms with Crippen molar-refractivity contribution in [2.24, 2.45) is 11.1 Å². The minimum absolute atomic E-state index is 0.0707. The number of carboxylic acids is 1. The first-order valence-corrected chi connectivity index (χ1v) is 6.26. The van der Waals surface area contributed by atoms with E-state index in [1.165, 1.54) is 0 Å². The van der Waals surface area contributed by atoms with E-state index in [4.69, 9.17) is 10.8 Å². The summed E-state index contributed by atoms with van der Waals surface area (Å²) in [5.41, 5.74) is 4.98. The molecule has 1 fully saturated rings. The number of hydrogen-bond acceptors (Lipinski definition) is 3. The Hall–Kier alpha value is -1.10. The number of aliphatic carboxylic acids is 1. The van der Waals surface area contributed by atoms with Gasteiger partial charge in [0.2, 0.25) is 5.91 Å². The number of carboxylic acid groups (broad SMARTS) is 1. The van der Waals surface area contributed by atoms with Crippen molar-refractivity contribution >= 4 is 11.9 Å². The van der Waals surface area contributed by atoms with Gasteiger partial charge in [-0.3, -0.25) is 9.59 Å². The summed E-state index contributed by atoms with van der Waals surface area (Å²) in [6, 6.07) is 0. The Kier molecular flexibility index (Phi) is 5.41. The van der Waals surface area contributed by atoms with Crippen molar-refractivity contribution in [3.8, 4) is 0 Å². The Bertz CT molecular complexity index is 273. The fourth-order valence-electron chi connectivity index (χ4n) is 2.65. The molecule has 0 radical (unpaired) electrons. The number of carbonyl (C=O) groups is 2. The quantitative estimate of drug-likeness (QED) is 0.644. The summed E-state index contributed by atoms with van der Waals surface area (Å²) in [4.78, 5) is 22.6. The topological polar surface area (TPSA) is 92.4 Å². The third-order valence-electron chi connectivity index (χ3n) is 3.44. The average Bonchev–Trinajstić information content (AvgIpc) is 2.26. The Labute approximate surface area is 102 Å². The van der Waals surface area contributed by atoms with E-state index in [-0.39, 0.29) is 17.7 Å². The van der Waals surface area contributed by atoms with Crippen LogP contribution in [0, 0.1) is 5.41 Å². The lowest BCUT2D eigenvalue weighted by molar-refractivity contribution is -0.141. The summed E-state index contributed by atoms with van der Waals surface area (Å²) >= 11 is 0. The molecule has 5 nitrogen and oxygen atoms in total. The highest BCUT2D eigenvalue weighted by Gasteiger charge is 2.36. The van der Waals surface area contributed by atoms with E-state index in [9.17, 15) is 9.59 Å². The van der Waals surface area contributed by atoms with Gasteiger partial charge in [-0.1, -0.05) is 19.3 Å². The fraction of sp³-hybridized carbons (Fsp3) is 0.833. The normalized spacial score (nSPS) is 18.6. The standard InChI is InChI=1S/C12H22N2O3/c13-6-7-14-10(15)8-12(9-11(16)17)4-2-1-3-5-12/h1-9,13H2,(H,14,15)(H,16,17). The maximum absolute atomic E-state index is 11.7. The van der Waals surface area contributed by atoms with Gasteiger partial charge in [-0.25, -0.2) is 0 Å². The van der Waals surface area contributed by atoms with Gasteiger partial charge < -0.3 is 16.2 Å². The summed E-state index contributed by atoms with van der Waals surface area (Å²) in [6.07, 6.45) is 5.30. The number of nitrogens with two attached hydrogens (primary N) is 1. The van der Waals surface area contributed by atoms with Crippen molar-refractivity contribution in [3.05, 3.63) is 0 Å². The van der Waals surface area contributed by atoms with Crippen LogP contribution in [0.5, 0.6) is 0 Å². The Balaban J connectivity index is 2.56. The largest absolute Gasteiger partial charge is 0.481 e. The minimum atomic E-state index is -0.807. The van der Waals surface area contributed by atoms with Gasteiger partial charge in [-0.2, -0.15) is 0 Å². The molecular formula is C12H22N2O3. The molecule has 5 heteroatoms. The third-order valence-corrected chi connectivity index (χ3v) is 3.44. The zero-order valence-corrected chi connectivity index (χ0v) is 10.2. The van der Waals surface area contributed by atoms with E-state index in [0.29, 0.717) is 19.5 Å². The molecule has 4 N–H and O–H groups in total. The van der Waals surface area contributed by atoms with Crippen molar-refractivity contribution in [1.29, 1.82) is 0 Å². The van der Waals surface area contributed by atoms with E-state index >= 15 is 0 Å². The molecule has 0 bridgehead atoms. The van der Waals surface area contributed by atoms with Crippen LogP contribution < -0.4 is 11.1 Å². The second kappa shape index (κ2) is 6.59. The van der Waals surface area contributed by atoms with Crippen LogP contribution in [0.2, 0.25) is 0 Å². The van der Waals surface area contributed by atoms with Crippen molar-refractivity contribution in [2.45, 2.75) is 44.9 Å². The molecule has 0 unspecified atom stereocenters. The molecule has 0 aromatic heterocycles. The second-order valence-corrected chi connectivity index (χ2v) is 4.95. The highest BCUT2D eigenvalue weighted by molar-refractivity contribution is 5.78. The summed E-state index contributed by atoms with van der Waals surface area (Å²) < 4.78 is 0. The summed E-state index contributed by atoms with van der Waals surface area (Å²) in [5.74, 6) is -0.878. The maximum Gasteiger partial charge on any atom is 0.303 e. The second-order valence-electron chi connectivity index (χ2n) is 4.95. The van der Waals surface area contributed by atoms with Crippen LogP contribution in [0.1, 0.15) is 44.9 Å². The Morgan fingerprint density at radius 2 is 1.82 bits per heavy atom. The predicted octanol–water partition coefficient (Wildman–Crippen LogP) is 0.877. The Morgan fingerprint density at radius 3 is 2.35 bits per heavy atom. The molecule has 0 saturated heterocycles. The van der Waals surface area contributed by atoms with Crippen LogP contribution in [-0.2, 0) is 9.59 Å². The van der Waals surface area contributed by atoms with Gasteiger partial charge in [-0.05, 0) is 18.3 Å². The predicted molar refractivity (Wildman–Crippen MR) is 64.5 cm³/mol. The monoisotopic (exact) mass is 242 g/mol. The molecule has 1 aliphatic rings. The molecule has 0 aromatic rings. The van der Waals surface area contributed by atoms with Crippen LogP contribution in [0.25, 0.3) is 0 Å². The number of nitrogens with one attached hydrogen (secondary N) is 1. The van der Waals surface area contributed by atoms with E-state index in [1.54, 1.807) is 0 Å². The zero-order chi connectivity index (χ0) is 12.7. The zero-order valence-electron chi connectivity index (χ0n) is 10.2. The van der Waals surface area contributed by atoms with E-state index in [0.717, 1.165) is 32.1 Å². The summed E-state index contributed by atoms with van der Waals surface area (Å²) in [6.45, 7) is 0.875. The molecule has 0 heterocycles. The van der Waals surface area contributed by atoms with Crippen LogP contribution in [0.3, 0.4) is 0 Å². The lowest BCUT2D eigenvalue weighted by Gasteiger charge is -2.35. The number of hydrogen-bond donors (Lipinski definition) is 3. The highest BCUT2D eigenvalue weighted by atomic mass is 16.4. The number of amides is 1. The van der Waals surface area contributed by atoms with Crippen LogP contribution in [0.4, 0.5) is 0 Å². The molecule has 0 aromatic carbocycles. The lowest BCUT2D eigenvalue weighted by Crippen LogP contribution is -2.36. The third kappa shape index (κ3) is 4.73. The van der Waals surface area contributed by atoms with Gasteiger partial charge >= 0.3 is 5.97 Å².